The van der Waals surface area contributed by atoms with E-state index in [1.807, 2.05) is 13.8 Å². The number of hydrogen-bond acceptors (Lipinski definition) is 3. The van der Waals surface area contributed by atoms with E-state index in [1.165, 1.54) is 0 Å². The molecular weight excluding hydrogens is 132 g/mol. The molecule has 0 rings (SSSR count). The average molecular weight is 148 g/mol. The maximum Gasteiger partial charge on any atom is 0.151 e. The van der Waals surface area contributed by atoms with Crippen LogP contribution < -0.4 is 0 Å². The Morgan fingerprint density at radius 2 is 1.60 bits per heavy atom. The van der Waals surface area contributed by atoms with Gasteiger partial charge in [-0.2, -0.15) is 0 Å². The molecule has 0 radical (unpaired) electrons. The first kappa shape index (κ1) is 9.88. The molecule has 0 aromatic heterocycles. The van der Waals surface area contributed by atoms with Crippen LogP contribution in [0.15, 0.2) is 0 Å². The van der Waals surface area contributed by atoms with Gasteiger partial charge in [-0.25, -0.2) is 0 Å². The van der Waals surface area contributed by atoms with Crippen molar-refractivity contribution in [2.45, 2.75) is 33.2 Å². The second-order valence-electron chi connectivity index (χ2n) is 2.39. The van der Waals surface area contributed by atoms with Crippen LogP contribution in [0.3, 0.4) is 0 Å². The maximum absolute atomic E-state index is 8.64. The number of aliphatic hydroxyl groups is 1. The molecule has 3 nitrogen and oxygen atoms in total. The molecule has 0 fully saturated rings. The summed E-state index contributed by atoms with van der Waals surface area (Å²) >= 11 is 0. The number of hydrogen-bond donors (Lipinski definition) is 1. The van der Waals surface area contributed by atoms with Gasteiger partial charge in [0, 0.05) is 0 Å². The monoisotopic (exact) mass is 148 g/mol. The molecule has 0 aliphatic rings. The Balaban J connectivity index is 2.91. The van der Waals surface area contributed by atoms with Gasteiger partial charge in [0.25, 0.3) is 0 Å². The van der Waals surface area contributed by atoms with Crippen molar-refractivity contribution in [1.29, 1.82) is 0 Å². The van der Waals surface area contributed by atoms with Gasteiger partial charge in [-0.05, 0) is 20.8 Å². The van der Waals surface area contributed by atoms with E-state index in [1.54, 1.807) is 6.92 Å². The van der Waals surface area contributed by atoms with Crippen LogP contribution in [0.4, 0.5) is 0 Å². The van der Waals surface area contributed by atoms with E-state index in [-0.39, 0.29) is 6.10 Å². The third-order valence-corrected chi connectivity index (χ3v) is 0.894. The van der Waals surface area contributed by atoms with Crippen molar-refractivity contribution < 1.29 is 14.6 Å². The van der Waals surface area contributed by atoms with Gasteiger partial charge in [0.1, 0.15) is 0 Å². The first-order chi connectivity index (χ1) is 4.63. The van der Waals surface area contributed by atoms with Crippen molar-refractivity contribution in [3.63, 3.8) is 0 Å². The summed E-state index contributed by atoms with van der Waals surface area (Å²) < 4.78 is 9.98. The highest BCUT2D eigenvalue weighted by Crippen LogP contribution is 1.88. The zero-order valence-electron chi connectivity index (χ0n) is 6.83. The molecule has 0 heterocycles. The second-order valence-corrected chi connectivity index (χ2v) is 2.39. The quantitative estimate of drug-likeness (QED) is 0.462. The molecule has 0 aliphatic heterocycles. The van der Waals surface area contributed by atoms with Crippen molar-refractivity contribution >= 4 is 0 Å². The standard InChI is InChI=1S/C7H16O3/c1-6(2)9-4-5-10-7(3)8/h6-8H,4-5H2,1-3H3. The van der Waals surface area contributed by atoms with Gasteiger partial charge in [0.15, 0.2) is 6.29 Å². The molecule has 0 aromatic rings. The van der Waals surface area contributed by atoms with Crippen LogP contribution in [0.25, 0.3) is 0 Å². The Labute approximate surface area is 62.0 Å². The normalized spacial score (nSPS) is 14.1. The van der Waals surface area contributed by atoms with Crippen LogP contribution in [-0.4, -0.2) is 30.7 Å². The summed E-state index contributed by atoms with van der Waals surface area (Å²) in [6.07, 6.45) is -0.451. The highest BCUT2D eigenvalue weighted by molar-refractivity contribution is 4.36. The van der Waals surface area contributed by atoms with E-state index < -0.39 is 6.29 Å². The Bertz CT molecular complexity index is 61.3. The molecule has 62 valence electrons. The number of aliphatic hydroxyl groups excluding tert-OH is 1. The van der Waals surface area contributed by atoms with Gasteiger partial charge >= 0.3 is 0 Å². The van der Waals surface area contributed by atoms with Crippen LogP contribution in [0.2, 0.25) is 0 Å². The van der Waals surface area contributed by atoms with E-state index in [0.29, 0.717) is 13.2 Å². The van der Waals surface area contributed by atoms with Gasteiger partial charge in [0.05, 0.1) is 19.3 Å². The van der Waals surface area contributed by atoms with E-state index in [0.717, 1.165) is 0 Å². The van der Waals surface area contributed by atoms with Crippen molar-refractivity contribution in [1.82, 2.24) is 0 Å². The zero-order valence-corrected chi connectivity index (χ0v) is 6.83. The Hall–Kier alpha value is -0.120. The maximum atomic E-state index is 8.64. The SMILES string of the molecule is CC(C)OCCOC(C)O. The van der Waals surface area contributed by atoms with Gasteiger partial charge in [-0.3, -0.25) is 0 Å². The van der Waals surface area contributed by atoms with Crippen LogP contribution in [0.1, 0.15) is 20.8 Å². The third-order valence-electron chi connectivity index (χ3n) is 0.894. The Morgan fingerprint density at radius 3 is 2.00 bits per heavy atom. The topological polar surface area (TPSA) is 38.7 Å². The molecule has 1 unspecified atom stereocenters. The molecule has 0 saturated heterocycles. The highest BCUT2D eigenvalue weighted by Gasteiger charge is 1.95. The molecule has 0 amide bonds. The van der Waals surface area contributed by atoms with Gasteiger partial charge in [-0.15, -0.1) is 0 Å². The minimum Gasteiger partial charge on any atom is -0.376 e. The lowest BCUT2D eigenvalue weighted by atomic mass is 10.5. The fourth-order valence-corrected chi connectivity index (χ4v) is 0.502. The number of ether oxygens (including phenoxy) is 2. The van der Waals surface area contributed by atoms with E-state index >= 15 is 0 Å². The van der Waals surface area contributed by atoms with Crippen molar-refractivity contribution in [3.05, 3.63) is 0 Å². The third kappa shape index (κ3) is 7.88. The summed E-state index contributed by atoms with van der Waals surface area (Å²) in [4.78, 5) is 0. The first-order valence-electron chi connectivity index (χ1n) is 3.54. The molecule has 1 atom stereocenters. The first-order valence-corrected chi connectivity index (χ1v) is 3.54. The second kappa shape index (κ2) is 5.65. The summed E-state index contributed by atoms with van der Waals surface area (Å²) in [5.74, 6) is 0. The molecule has 0 saturated carbocycles. The minimum absolute atomic E-state index is 0.234. The van der Waals surface area contributed by atoms with E-state index in [2.05, 4.69) is 0 Å². The van der Waals surface area contributed by atoms with Crippen LogP contribution in [-0.2, 0) is 9.47 Å². The fourth-order valence-electron chi connectivity index (χ4n) is 0.502. The Morgan fingerprint density at radius 1 is 1.10 bits per heavy atom. The van der Waals surface area contributed by atoms with Crippen LogP contribution in [0, 0.1) is 0 Å². The molecule has 0 spiro atoms. The number of rotatable bonds is 5. The summed E-state index contributed by atoms with van der Waals surface area (Å²) in [6, 6.07) is 0. The predicted molar refractivity (Wildman–Crippen MR) is 38.7 cm³/mol. The lowest BCUT2D eigenvalue weighted by molar-refractivity contribution is -0.104. The molecule has 0 aliphatic carbocycles. The van der Waals surface area contributed by atoms with Gasteiger partial charge < -0.3 is 14.6 Å². The van der Waals surface area contributed by atoms with E-state index in [4.69, 9.17) is 14.6 Å². The largest absolute Gasteiger partial charge is 0.376 e. The average Bonchev–Trinajstić information content (AvgIpc) is 1.79. The minimum atomic E-state index is -0.684. The summed E-state index contributed by atoms with van der Waals surface area (Å²) in [5, 5.41) is 8.64. The van der Waals surface area contributed by atoms with Crippen molar-refractivity contribution in [3.8, 4) is 0 Å². The predicted octanol–water partition coefficient (Wildman–Crippen LogP) is 0.766. The molecule has 0 bridgehead atoms. The molecule has 3 heteroatoms. The molecule has 1 N–H and O–H groups in total. The van der Waals surface area contributed by atoms with Crippen LogP contribution in [0.5, 0.6) is 0 Å². The molecule has 10 heavy (non-hydrogen) atoms. The summed E-state index contributed by atoms with van der Waals surface area (Å²) in [5.41, 5.74) is 0. The van der Waals surface area contributed by atoms with E-state index in [9.17, 15) is 0 Å². The zero-order chi connectivity index (χ0) is 7.98. The molecular formula is C7H16O3. The van der Waals surface area contributed by atoms with Gasteiger partial charge in [-0.1, -0.05) is 0 Å². The Kier molecular flexibility index (Phi) is 5.58. The van der Waals surface area contributed by atoms with Crippen molar-refractivity contribution in [2.24, 2.45) is 0 Å². The highest BCUT2D eigenvalue weighted by atomic mass is 16.6. The lowest BCUT2D eigenvalue weighted by Crippen LogP contribution is -2.14. The summed E-state index contributed by atoms with van der Waals surface area (Å²) in [6.45, 7) is 6.50. The van der Waals surface area contributed by atoms with Crippen molar-refractivity contribution in [2.75, 3.05) is 13.2 Å². The smallest absolute Gasteiger partial charge is 0.151 e. The molecule has 0 aromatic carbocycles. The van der Waals surface area contributed by atoms with Crippen LogP contribution >= 0.6 is 0 Å². The van der Waals surface area contributed by atoms with Gasteiger partial charge in [0.2, 0.25) is 0 Å². The lowest BCUT2D eigenvalue weighted by Gasteiger charge is -2.08. The fraction of sp³-hybridized carbons (Fsp3) is 1.00. The summed E-state index contributed by atoms with van der Waals surface area (Å²) in [7, 11) is 0.